The van der Waals surface area contributed by atoms with Gasteiger partial charge in [0.15, 0.2) is 0 Å². The number of benzene rings is 1. The molecule has 1 aliphatic heterocycles. The SMILES string of the molecule is COC(=O)C1=C(C)N(C)C(=O)N[C@@H]1c1ccc(-c2ccccc2)s1. The maximum absolute atomic E-state index is 12.2. The van der Waals surface area contributed by atoms with Crippen molar-refractivity contribution in [2.75, 3.05) is 14.2 Å². The third-order valence-corrected chi connectivity index (χ3v) is 5.33. The van der Waals surface area contributed by atoms with Crippen LogP contribution >= 0.6 is 11.3 Å². The first-order valence-electron chi connectivity index (χ1n) is 7.51. The number of methoxy groups -OCH3 is 1. The van der Waals surface area contributed by atoms with Crippen LogP contribution in [0.15, 0.2) is 53.7 Å². The number of ether oxygens (including phenoxy) is 1. The van der Waals surface area contributed by atoms with Gasteiger partial charge in [-0.1, -0.05) is 30.3 Å². The first kappa shape index (κ1) is 16.3. The molecule has 2 heterocycles. The Kier molecular flexibility index (Phi) is 4.40. The van der Waals surface area contributed by atoms with Crippen molar-refractivity contribution in [3.05, 3.63) is 58.6 Å². The number of allylic oxidation sites excluding steroid dienone is 1. The summed E-state index contributed by atoms with van der Waals surface area (Å²) in [6.45, 7) is 1.75. The number of hydrogen-bond acceptors (Lipinski definition) is 4. The Hall–Kier alpha value is -2.60. The van der Waals surface area contributed by atoms with E-state index in [-0.39, 0.29) is 6.03 Å². The summed E-state index contributed by atoms with van der Waals surface area (Å²) in [5, 5.41) is 2.88. The topological polar surface area (TPSA) is 58.6 Å². The second kappa shape index (κ2) is 6.49. The molecule has 1 N–H and O–H groups in total. The molecule has 2 aromatic rings. The Morgan fingerprint density at radius 3 is 2.58 bits per heavy atom. The lowest BCUT2D eigenvalue weighted by Crippen LogP contribution is -2.45. The summed E-state index contributed by atoms with van der Waals surface area (Å²) in [6, 6.07) is 13.2. The van der Waals surface area contributed by atoms with Crippen LogP contribution in [0.25, 0.3) is 10.4 Å². The lowest BCUT2D eigenvalue weighted by Gasteiger charge is -2.32. The first-order valence-corrected chi connectivity index (χ1v) is 8.33. The Balaban J connectivity index is 2.02. The van der Waals surface area contributed by atoms with Gasteiger partial charge in [-0.3, -0.25) is 0 Å². The highest BCUT2D eigenvalue weighted by molar-refractivity contribution is 7.15. The summed E-state index contributed by atoms with van der Waals surface area (Å²) < 4.78 is 4.92. The van der Waals surface area contributed by atoms with E-state index in [1.807, 2.05) is 42.5 Å². The molecule has 1 aromatic heterocycles. The number of carbonyl (C=O) groups excluding carboxylic acids is 2. The van der Waals surface area contributed by atoms with Crippen molar-refractivity contribution in [2.45, 2.75) is 13.0 Å². The number of esters is 1. The smallest absolute Gasteiger partial charge is 0.338 e. The average molecular weight is 342 g/mol. The molecule has 0 bridgehead atoms. The highest BCUT2D eigenvalue weighted by Gasteiger charge is 2.35. The number of nitrogens with one attached hydrogen (secondary N) is 1. The van der Waals surface area contributed by atoms with Gasteiger partial charge in [0.05, 0.1) is 18.7 Å². The van der Waals surface area contributed by atoms with E-state index < -0.39 is 12.0 Å². The molecule has 1 aromatic carbocycles. The minimum atomic E-state index is -0.497. The molecule has 0 radical (unpaired) electrons. The van der Waals surface area contributed by atoms with Crippen LogP contribution in [0.1, 0.15) is 17.8 Å². The fraction of sp³-hybridized carbons (Fsp3) is 0.222. The summed E-state index contributed by atoms with van der Waals surface area (Å²) in [6.07, 6.45) is 0. The van der Waals surface area contributed by atoms with Gasteiger partial charge in [0.1, 0.15) is 0 Å². The highest BCUT2D eigenvalue weighted by Crippen LogP contribution is 2.37. The molecule has 24 heavy (non-hydrogen) atoms. The lowest BCUT2D eigenvalue weighted by atomic mass is 10.0. The molecule has 0 saturated carbocycles. The molecule has 2 amide bonds. The normalized spacial score (nSPS) is 17.7. The summed E-state index contributed by atoms with van der Waals surface area (Å²) in [5.41, 5.74) is 2.17. The molecule has 0 spiro atoms. The molecule has 1 aliphatic rings. The number of nitrogens with zero attached hydrogens (tertiary/aromatic N) is 1. The average Bonchev–Trinajstić information content (AvgIpc) is 3.09. The Morgan fingerprint density at radius 2 is 1.92 bits per heavy atom. The third-order valence-electron chi connectivity index (χ3n) is 4.13. The fourth-order valence-corrected chi connectivity index (χ4v) is 3.76. The third kappa shape index (κ3) is 2.80. The molecular formula is C18H18N2O3S. The maximum atomic E-state index is 12.2. The molecule has 5 nitrogen and oxygen atoms in total. The van der Waals surface area contributed by atoms with Crippen molar-refractivity contribution in [3.8, 4) is 10.4 Å². The van der Waals surface area contributed by atoms with Gasteiger partial charge < -0.3 is 15.0 Å². The van der Waals surface area contributed by atoms with Crippen LogP contribution in [-0.2, 0) is 9.53 Å². The van der Waals surface area contributed by atoms with Crippen LogP contribution in [-0.4, -0.2) is 31.1 Å². The van der Waals surface area contributed by atoms with Crippen LogP contribution < -0.4 is 5.32 Å². The van der Waals surface area contributed by atoms with Crippen LogP contribution in [0.3, 0.4) is 0 Å². The van der Waals surface area contributed by atoms with Gasteiger partial charge in [-0.15, -0.1) is 11.3 Å². The van der Waals surface area contributed by atoms with Crippen molar-refractivity contribution in [1.82, 2.24) is 10.2 Å². The molecule has 3 rings (SSSR count). The molecule has 0 saturated heterocycles. The van der Waals surface area contributed by atoms with Crippen LogP contribution in [0.5, 0.6) is 0 Å². The fourth-order valence-electron chi connectivity index (χ4n) is 2.69. The monoisotopic (exact) mass is 342 g/mol. The van der Waals surface area contributed by atoms with Crippen LogP contribution in [0, 0.1) is 0 Å². The highest BCUT2D eigenvalue weighted by atomic mass is 32.1. The van der Waals surface area contributed by atoms with E-state index in [2.05, 4.69) is 5.32 Å². The zero-order valence-corrected chi connectivity index (χ0v) is 14.5. The van der Waals surface area contributed by atoms with E-state index >= 15 is 0 Å². The van der Waals surface area contributed by atoms with Crippen LogP contribution in [0.4, 0.5) is 4.79 Å². The zero-order chi connectivity index (χ0) is 17.3. The van der Waals surface area contributed by atoms with Crippen LogP contribution in [0.2, 0.25) is 0 Å². The maximum Gasteiger partial charge on any atom is 0.338 e. The molecule has 6 heteroatoms. The van der Waals surface area contributed by atoms with Gasteiger partial charge in [0.2, 0.25) is 0 Å². The number of thiophene rings is 1. The van der Waals surface area contributed by atoms with Gasteiger partial charge in [-0.05, 0) is 24.6 Å². The second-order valence-corrected chi connectivity index (χ2v) is 6.62. The van der Waals surface area contributed by atoms with Gasteiger partial charge in [0, 0.05) is 22.5 Å². The van der Waals surface area contributed by atoms with Crippen molar-refractivity contribution in [2.24, 2.45) is 0 Å². The minimum Gasteiger partial charge on any atom is -0.466 e. The van der Waals surface area contributed by atoms with E-state index in [1.54, 1.807) is 25.3 Å². The van der Waals surface area contributed by atoms with Crippen molar-refractivity contribution in [3.63, 3.8) is 0 Å². The first-order chi connectivity index (χ1) is 11.5. The van der Waals surface area contributed by atoms with Gasteiger partial charge in [0.25, 0.3) is 0 Å². The summed E-state index contributed by atoms with van der Waals surface area (Å²) in [7, 11) is 2.98. The van der Waals surface area contributed by atoms with E-state index in [4.69, 9.17) is 4.74 Å². The predicted octanol–water partition coefficient (Wildman–Crippen LogP) is 3.56. The van der Waals surface area contributed by atoms with Crippen molar-refractivity contribution >= 4 is 23.3 Å². The van der Waals surface area contributed by atoms with Gasteiger partial charge >= 0.3 is 12.0 Å². The van der Waals surface area contributed by atoms with Gasteiger partial charge in [-0.25, -0.2) is 9.59 Å². The quantitative estimate of drug-likeness (QED) is 0.868. The Bertz CT molecular complexity index is 811. The molecule has 0 aliphatic carbocycles. The zero-order valence-electron chi connectivity index (χ0n) is 13.7. The Labute approximate surface area is 144 Å². The van der Waals surface area contributed by atoms with Crippen molar-refractivity contribution < 1.29 is 14.3 Å². The van der Waals surface area contributed by atoms with Gasteiger partial charge in [-0.2, -0.15) is 0 Å². The van der Waals surface area contributed by atoms with E-state index in [1.165, 1.54) is 12.0 Å². The largest absolute Gasteiger partial charge is 0.466 e. The molecule has 1 atom stereocenters. The van der Waals surface area contributed by atoms with E-state index in [0.29, 0.717) is 11.3 Å². The molecule has 0 fully saturated rings. The predicted molar refractivity (Wildman–Crippen MR) is 93.5 cm³/mol. The lowest BCUT2D eigenvalue weighted by molar-refractivity contribution is -0.136. The number of hydrogen-bond donors (Lipinski definition) is 1. The molecule has 124 valence electrons. The summed E-state index contributed by atoms with van der Waals surface area (Å²) in [4.78, 5) is 27.8. The molecule has 0 unspecified atom stereocenters. The number of amides is 2. The van der Waals surface area contributed by atoms with E-state index in [9.17, 15) is 9.59 Å². The summed E-state index contributed by atoms with van der Waals surface area (Å²) in [5.74, 6) is -0.431. The number of urea groups is 1. The number of carbonyl (C=O) groups is 2. The molecular weight excluding hydrogens is 324 g/mol. The standard InChI is InChI=1S/C18H18N2O3S/c1-11-15(17(21)23-3)16(19-18(22)20(11)2)14-10-9-13(24-14)12-7-5-4-6-8-12/h4-10,16H,1-3H3,(H,19,22)/t16-/m1/s1. The summed E-state index contributed by atoms with van der Waals surface area (Å²) >= 11 is 1.55. The second-order valence-electron chi connectivity index (χ2n) is 5.50. The van der Waals surface area contributed by atoms with Crippen molar-refractivity contribution in [1.29, 1.82) is 0 Å². The Morgan fingerprint density at radius 1 is 1.21 bits per heavy atom. The minimum absolute atomic E-state index is 0.236. The van der Waals surface area contributed by atoms with E-state index in [0.717, 1.165) is 15.3 Å². The number of rotatable bonds is 3.